The summed E-state index contributed by atoms with van der Waals surface area (Å²) in [5, 5.41) is 6.42. The van der Waals surface area contributed by atoms with Crippen LogP contribution in [0, 0.1) is 0 Å². The molecule has 2 N–H and O–H groups in total. The molecule has 0 fully saturated rings. The number of hydrogen-bond acceptors (Lipinski definition) is 4. The van der Waals surface area contributed by atoms with E-state index in [1.54, 1.807) is 0 Å². The van der Waals surface area contributed by atoms with Crippen molar-refractivity contribution in [3.05, 3.63) is 11.9 Å². The average Bonchev–Trinajstić information content (AvgIpc) is 2.15. The summed E-state index contributed by atoms with van der Waals surface area (Å²) in [5.74, 6) is 2.64. The van der Waals surface area contributed by atoms with Crippen molar-refractivity contribution in [2.75, 3.05) is 17.7 Å². The number of hydrogen-bond donors (Lipinski definition) is 2. The minimum absolute atomic E-state index is 0.0167. The fraction of sp³-hybridized carbons (Fsp3) is 0.667. The Bertz CT molecular complexity index is 341. The van der Waals surface area contributed by atoms with Crippen molar-refractivity contribution in [1.82, 2.24) is 9.97 Å². The Morgan fingerprint density at radius 3 is 2.31 bits per heavy atom. The molecule has 1 rings (SSSR count). The largest absolute Gasteiger partial charge is 0.373 e. The van der Waals surface area contributed by atoms with Crippen LogP contribution in [0.25, 0.3) is 0 Å². The SMILES string of the molecule is CCCc1nc(NC)cc(NC(C)(C)C)n1. The van der Waals surface area contributed by atoms with Crippen LogP contribution in [-0.2, 0) is 6.42 Å². The van der Waals surface area contributed by atoms with Crippen LogP contribution in [0.1, 0.15) is 39.9 Å². The molecule has 1 heterocycles. The van der Waals surface area contributed by atoms with Gasteiger partial charge in [-0.1, -0.05) is 6.92 Å². The van der Waals surface area contributed by atoms with Gasteiger partial charge in [-0.2, -0.15) is 0 Å². The molecular formula is C12H22N4. The highest BCUT2D eigenvalue weighted by Crippen LogP contribution is 2.16. The van der Waals surface area contributed by atoms with Crippen LogP contribution in [0.5, 0.6) is 0 Å². The number of aryl methyl sites for hydroxylation is 1. The first-order valence-corrected chi connectivity index (χ1v) is 5.78. The lowest BCUT2D eigenvalue weighted by Gasteiger charge is -2.21. The Labute approximate surface area is 97.9 Å². The minimum Gasteiger partial charge on any atom is -0.373 e. The lowest BCUT2D eigenvalue weighted by Crippen LogP contribution is -2.27. The second kappa shape index (κ2) is 5.14. The van der Waals surface area contributed by atoms with Crippen LogP contribution in [0.2, 0.25) is 0 Å². The van der Waals surface area contributed by atoms with Crippen LogP contribution in [0.3, 0.4) is 0 Å². The summed E-state index contributed by atoms with van der Waals surface area (Å²) in [6.07, 6.45) is 1.97. The van der Waals surface area contributed by atoms with Gasteiger partial charge in [0, 0.05) is 25.1 Å². The van der Waals surface area contributed by atoms with Gasteiger partial charge in [-0.25, -0.2) is 9.97 Å². The van der Waals surface area contributed by atoms with E-state index in [4.69, 9.17) is 0 Å². The summed E-state index contributed by atoms with van der Waals surface area (Å²) < 4.78 is 0. The molecule has 0 aromatic carbocycles. The normalized spacial score (nSPS) is 11.3. The number of anilines is 2. The smallest absolute Gasteiger partial charge is 0.133 e. The van der Waals surface area contributed by atoms with Gasteiger partial charge >= 0.3 is 0 Å². The topological polar surface area (TPSA) is 49.8 Å². The Hall–Kier alpha value is -1.32. The molecule has 16 heavy (non-hydrogen) atoms. The molecule has 0 saturated carbocycles. The Balaban J connectivity index is 2.95. The van der Waals surface area contributed by atoms with Crippen molar-refractivity contribution in [3.8, 4) is 0 Å². The molecule has 4 heteroatoms. The molecule has 0 amide bonds. The average molecular weight is 222 g/mol. The fourth-order valence-corrected chi connectivity index (χ4v) is 1.41. The highest BCUT2D eigenvalue weighted by atomic mass is 15.1. The summed E-state index contributed by atoms with van der Waals surface area (Å²) >= 11 is 0. The maximum absolute atomic E-state index is 4.49. The fourth-order valence-electron chi connectivity index (χ4n) is 1.41. The second-order valence-electron chi connectivity index (χ2n) is 4.93. The van der Waals surface area contributed by atoms with Crippen LogP contribution in [0.4, 0.5) is 11.6 Å². The monoisotopic (exact) mass is 222 g/mol. The van der Waals surface area contributed by atoms with Crippen LogP contribution in [-0.4, -0.2) is 22.6 Å². The molecule has 1 aromatic rings. The van der Waals surface area contributed by atoms with Crippen molar-refractivity contribution in [3.63, 3.8) is 0 Å². The third-order valence-corrected chi connectivity index (χ3v) is 2.01. The summed E-state index contributed by atoms with van der Waals surface area (Å²) in [6.45, 7) is 8.49. The van der Waals surface area contributed by atoms with E-state index in [-0.39, 0.29) is 5.54 Å². The highest BCUT2D eigenvalue weighted by molar-refractivity contribution is 5.48. The maximum atomic E-state index is 4.49. The Kier molecular flexibility index (Phi) is 4.10. The van der Waals surface area contributed by atoms with Gasteiger partial charge < -0.3 is 10.6 Å². The van der Waals surface area contributed by atoms with Gasteiger partial charge in [0.25, 0.3) is 0 Å². The van der Waals surface area contributed by atoms with Gasteiger partial charge in [0.1, 0.15) is 17.5 Å². The summed E-state index contributed by atoms with van der Waals surface area (Å²) in [6, 6.07) is 1.93. The van der Waals surface area contributed by atoms with Crippen molar-refractivity contribution < 1.29 is 0 Å². The van der Waals surface area contributed by atoms with Crippen molar-refractivity contribution >= 4 is 11.6 Å². The molecule has 0 radical (unpaired) electrons. The molecule has 0 spiro atoms. The molecule has 0 aliphatic heterocycles. The van der Waals surface area contributed by atoms with E-state index >= 15 is 0 Å². The van der Waals surface area contributed by atoms with E-state index in [1.807, 2.05) is 13.1 Å². The number of nitrogens with one attached hydrogen (secondary N) is 2. The second-order valence-corrected chi connectivity index (χ2v) is 4.93. The van der Waals surface area contributed by atoms with Crippen molar-refractivity contribution in [2.24, 2.45) is 0 Å². The van der Waals surface area contributed by atoms with E-state index in [0.29, 0.717) is 0 Å². The van der Waals surface area contributed by atoms with E-state index in [2.05, 4.69) is 48.3 Å². The Morgan fingerprint density at radius 2 is 1.81 bits per heavy atom. The van der Waals surface area contributed by atoms with Gasteiger partial charge in [-0.3, -0.25) is 0 Å². The zero-order valence-corrected chi connectivity index (χ0v) is 10.9. The van der Waals surface area contributed by atoms with E-state index in [1.165, 1.54) is 0 Å². The van der Waals surface area contributed by atoms with E-state index in [9.17, 15) is 0 Å². The molecule has 1 aromatic heterocycles. The van der Waals surface area contributed by atoms with Crippen LogP contribution in [0.15, 0.2) is 6.07 Å². The lowest BCUT2D eigenvalue weighted by atomic mass is 10.1. The van der Waals surface area contributed by atoms with Crippen molar-refractivity contribution in [2.45, 2.75) is 46.1 Å². The summed E-state index contributed by atoms with van der Waals surface area (Å²) in [4.78, 5) is 8.90. The maximum Gasteiger partial charge on any atom is 0.133 e. The first-order valence-electron chi connectivity index (χ1n) is 5.78. The van der Waals surface area contributed by atoms with E-state index < -0.39 is 0 Å². The quantitative estimate of drug-likeness (QED) is 0.822. The molecule has 0 aliphatic carbocycles. The van der Waals surface area contributed by atoms with Crippen LogP contribution >= 0.6 is 0 Å². The van der Waals surface area contributed by atoms with Gasteiger partial charge in [-0.05, 0) is 27.2 Å². The third-order valence-electron chi connectivity index (χ3n) is 2.01. The molecule has 0 unspecified atom stereocenters. The van der Waals surface area contributed by atoms with Gasteiger partial charge in [0.15, 0.2) is 0 Å². The third kappa shape index (κ3) is 4.04. The van der Waals surface area contributed by atoms with Crippen LogP contribution < -0.4 is 10.6 Å². The molecule has 0 atom stereocenters. The number of rotatable bonds is 4. The molecule has 0 saturated heterocycles. The van der Waals surface area contributed by atoms with Gasteiger partial charge in [0.2, 0.25) is 0 Å². The van der Waals surface area contributed by atoms with E-state index in [0.717, 1.165) is 30.3 Å². The predicted molar refractivity (Wildman–Crippen MR) is 68.9 cm³/mol. The molecule has 0 bridgehead atoms. The van der Waals surface area contributed by atoms with Crippen molar-refractivity contribution in [1.29, 1.82) is 0 Å². The highest BCUT2D eigenvalue weighted by Gasteiger charge is 2.11. The zero-order chi connectivity index (χ0) is 12.2. The number of aromatic nitrogens is 2. The molecule has 90 valence electrons. The summed E-state index contributed by atoms with van der Waals surface area (Å²) in [7, 11) is 1.87. The lowest BCUT2D eigenvalue weighted by molar-refractivity contribution is 0.628. The molecular weight excluding hydrogens is 200 g/mol. The standard InChI is InChI=1S/C12H22N4/c1-6-7-9-14-10(13-5)8-11(15-9)16-12(2,3)4/h8H,6-7H2,1-5H3,(H2,13,14,15,16). The predicted octanol–water partition coefficient (Wildman–Crippen LogP) is 2.68. The number of nitrogens with zero attached hydrogens (tertiary/aromatic N) is 2. The first kappa shape index (κ1) is 12.7. The van der Waals surface area contributed by atoms with Gasteiger partial charge in [0.05, 0.1) is 0 Å². The minimum atomic E-state index is 0.0167. The first-order chi connectivity index (χ1) is 7.44. The molecule has 4 nitrogen and oxygen atoms in total. The summed E-state index contributed by atoms with van der Waals surface area (Å²) in [5.41, 5.74) is 0.0167. The zero-order valence-electron chi connectivity index (χ0n) is 10.9. The molecule has 0 aliphatic rings. The Morgan fingerprint density at radius 1 is 1.19 bits per heavy atom. The van der Waals surface area contributed by atoms with Gasteiger partial charge in [-0.15, -0.1) is 0 Å².